The maximum absolute atomic E-state index is 5.86. The van der Waals surface area contributed by atoms with Crippen LogP contribution in [0, 0.1) is 0 Å². The lowest BCUT2D eigenvalue weighted by molar-refractivity contribution is 0.942. The lowest BCUT2D eigenvalue weighted by atomic mass is 10.1. The van der Waals surface area contributed by atoms with Crippen molar-refractivity contribution in [3.8, 4) is 11.1 Å². The second-order valence-corrected chi connectivity index (χ2v) is 4.16. The van der Waals surface area contributed by atoms with E-state index in [0.29, 0.717) is 10.7 Å². The number of aromatic nitrogens is 3. The molecule has 3 aromatic rings. The molecule has 17 heavy (non-hydrogen) atoms. The van der Waals surface area contributed by atoms with Gasteiger partial charge < -0.3 is 5.73 Å². The Kier molecular flexibility index (Phi) is 2.23. The monoisotopic (exact) mass is 244 g/mol. The van der Waals surface area contributed by atoms with Gasteiger partial charge in [0.25, 0.3) is 0 Å². The van der Waals surface area contributed by atoms with Gasteiger partial charge in [0.05, 0.1) is 24.3 Å². The van der Waals surface area contributed by atoms with Gasteiger partial charge in [-0.1, -0.05) is 23.7 Å². The Bertz CT molecular complexity index is 673. The molecule has 0 atom stereocenters. The minimum Gasteiger partial charge on any atom is -0.396 e. The Morgan fingerprint density at radius 3 is 2.65 bits per heavy atom. The van der Waals surface area contributed by atoms with Crippen LogP contribution in [0.15, 0.2) is 42.9 Å². The molecule has 0 saturated carbocycles. The van der Waals surface area contributed by atoms with E-state index in [2.05, 4.69) is 10.1 Å². The molecular formula is C12H9ClN4. The van der Waals surface area contributed by atoms with Crippen molar-refractivity contribution in [2.24, 2.45) is 0 Å². The average Bonchev–Trinajstić information content (AvgIpc) is 2.73. The second-order valence-electron chi connectivity index (χ2n) is 3.72. The first-order valence-corrected chi connectivity index (χ1v) is 5.46. The van der Waals surface area contributed by atoms with Gasteiger partial charge in [-0.3, -0.25) is 0 Å². The van der Waals surface area contributed by atoms with Gasteiger partial charge in [0.15, 0.2) is 5.65 Å². The van der Waals surface area contributed by atoms with Gasteiger partial charge >= 0.3 is 0 Å². The molecule has 0 radical (unpaired) electrons. The largest absolute Gasteiger partial charge is 0.396 e. The number of fused-ring (bicyclic) bond motifs is 1. The number of benzene rings is 1. The summed E-state index contributed by atoms with van der Waals surface area (Å²) >= 11 is 5.86. The maximum atomic E-state index is 5.86. The topological polar surface area (TPSA) is 56.2 Å². The van der Waals surface area contributed by atoms with Crippen LogP contribution < -0.4 is 5.73 Å². The Morgan fingerprint density at radius 1 is 1.12 bits per heavy atom. The fourth-order valence-electron chi connectivity index (χ4n) is 1.72. The minimum absolute atomic E-state index is 0.586. The van der Waals surface area contributed by atoms with Crippen LogP contribution in [0.5, 0.6) is 0 Å². The van der Waals surface area contributed by atoms with Gasteiger partial charge in [0.1, 0.15) is 0 Å². The predicted molar refractivity (Wildman–Crippen MR) is 67.8 cm³/mol. The third-order valence-electron chi connectivity index (χ3n) is 2.53. The Labute approximate surface area is 103 Å². The molecule has 4 nitrogen and oxygen atoms in total. The van der Waals surface area contributed by atoms with Crippen LogP contribution in [0.4, 0.5) is 5.69 Å². The molecule has 84 valence electrons. The van der Waals surface area contributed by atoms with Crippen molar-refractivity contribution in [2.45, 2.75) is 0 Å². The van der Waals surface area contributed by atoms with Gasteiger partial charge in [-0.15, -0.1) is 0 Å². The quantitative estimate of drug-likeness (QED) is 0.716. The predicted octanol–water partition coefficient (Wildman–Crippen LogP) is 2.63. The van der Waals surface area contributed by atoms with Crippen molar-refractivity contribution in [3.63, 3.8) is 0 Å². The number of hydrogen-bond acceptors (Lipinski definition) is 3. The smallest absolute Gasteiger partial charge is 0.162 e. The zero-order chi connectivity index (χ0) is 11.8. The standard InChI is InChI=1S/C12H9ClN4/c13-9-3-1-8(2-4-9)11-6-16-17-7-10(14)5-15-12(11)17/h1-7H,14H2. The SMILES string of the molecule is Nc1cnc2c(-c3ccc(Cl)cc3)cnn2c1. The summed E-state index contributed by atoms with van der Waals surface area (Å²) in [6, 6.07) is 7.57. The molecule has 2 N–H and O–H groups in total. The van der Waals surface area contributed by atoms with Gasteiger partial charge in [0, 0.05) is 10.6 Å². The maximum Gasteiger partial charge on any atom is 0.162 e. The number of nitrogens with zero attached hydrogens (tertiary/aromatic N) is 3. The van der Waals surface area contributed by atoms with E-state index < -0.39 is 0 Å². The lowest BCUT2D eigenvalue weighted by Crippen LogP contribution is -1.94. The summed E-state index contributed by atoms with van der Waals surface area (Å²) < 4.78 is 1.67. The number of nitrogen functional groups attached to an aromatic ring is 1. The van der Waals surface area contributed by atoms with E-state index in [4.69, 9.17) is 17.3 Å². The van der Waals surface area contributed by atoms with Crippen LogP contribution in [0.2, 0.25) is 5.02 Å². The lowest BCUT2D eigenvalue weighted by Gasteiger charge is -1.99. The zero-order valence-electron chi connectivity index (χ0n) is 8.84. The van der Waals surface area contributed by atoms with Crippen molar-refractivity contribution in [2.75, 3.05) is 5.73 Å². The van der Waals surface area contributed by atoms with E-state index in [1.807, 2.05) is 24.3 Å². The Morgan fingerprint density at radius 2 is 1.88 bits per heavy atom. The molecule has 5 heteroatoms. The van der Waals surface area contributed by atoms with Gasteiger partial charge in [-0.2, -0.15) is 5.10 Å². The average molecular weight is 245 g/mol. The molecule has 0 aliphatic carbocycles. The van der Waals surface area contributed by atoms with E-state index in [9.17, 15) is 0 Å². The summed E-state index contributed by atoms with van der Waals surface area (Å²) in [6.07, 6.45) is 5.13. The molecule has 0 aliphatic heterocycles. The van der Waals surface area contributed by atoms with Gasteiger partial charge in [-0.05, 0) is 17.7 Å². The number of anilines is 1. The first kappa shape index (κ1) is 10.1. The van der Waals surface area contributed by atoms with Crippen molar-refractivity contribution in [1.29, 1.82) is 0 Å². The van der Waals surface area contributed by atoms with Crippen LogP contribution in [0.1, 0.15) is 0 Å². The van der Waals surface area contributed by atoms with Crippen LogP contribution in [-0.2, 0) is 0 Å². The highest BCUT2D eigenvalue weighted by Crippen LogP contribution is 2.24. The zero-order valence-corrected chi connectivity index (χ0v) is 9.59. The molecule has 2 aromatic heterocycles. The summed E-state index contributed by atoms with van der Waals surface area (Å²) in [5.74, 6) is 0. The number of hydrogen-bond donors (Lipinski definition) is 1. The molecule has 0 fully saturated rings. The second kappa shape index (κ2) is 3.75. The molecule has 0 spiro atoms. The van der Waals surface area contributed by atoms with E-state index in [0.717, 1.165) is 16.8 Å². The molecule has 0 bridgehead atoms. The third-order valence-corrected chi connectivity index (χ3v) is 2.78. The minimum atomic E-state index is 0.586. The first-order valence-electron chi connectivity index (χ1n) is 5.09. The molecule has 0 saturated heterocycles. The molecule has 3 rings (SSSR count). The number of rotatable bonds is 1. The normalized spacial score (nSPS) is 10.9. The summed E-state index contributed by atoms with van der Waals surface area (Å²) in [4.78, 5) is 4.28. The highest BCUT2D eigenvalue weighted by molar-refractivity contribution is 6.30. The molecule has 0 aliphatic rings. The summed E-state index contributed by atoms with van der Waals surface area (Å²) in [6.45, 7) is 0. The van der Waals surface area contributed by atoms with Crippen LogP contribution >= 0.6 is 11.6 Å². The number of halogens is 1. The van der Waals surface area contributed by atoms with E-state index in [1.54, 1.807) is 23.1 Å². The van der Waals surface area contributed by atoms with Gasteiger partial charge in [0.2, 0.25) is 0 Å². The van der Waals surface area contributed by atoms with E-state index in [-0.39, 0.29) is 0 Å². The van der Waals surface area contributed by atoms with Crippen molar-refractivity contribution < 1.29 is 0 Å². The summed E-state index contributed by atoms with van der Waals surface area (Å²) in [5.41, 5.74) is 9.01. The first-order chi connectivity index (χ1) is 8.24. The molecule has 1 aromatic carbocycles. The molecule has 0 unspecified atom stereocenters. The highest BCUT2D eigenvalue weighted by Gasteiger charge is 2.07. The van der Waals surface area contributed by atoms with Crippen LogP contribution in [0.3, 0.4) is 0 Å². The van der Waals surface area contributed by atoms with Crippen molar-refractivity contribution in [3.05, 3.63) is 47.9 Å². The summed E-state index contributed by atoms with van der Waals surface area (Å²) in [7, 11) is 0. The summed E-state index contributed by atoms with van der Waals surface area (Å²) in [5, 5.41) is 4.93. The van der Waals surface area contributed by atoms with Crippen molar-refractivity contribution >= 4 is 22.9 Å². The van der Waals surface area contributed by atoms with Crippen LogP contribution in [0.25, 0.3) is 16.8 Å². The van der Waals surface area contributed by atoms with E-state index in [1.165, 1.54) is 0 Å². The highest BCUT2D eigenvalue weighted by atomic mass is 35.5. The van der Waals surface area contributed by atoms with Crippen LogP contribution in [-0.4, -0.2) is 14.6 Å². The van der Waals surface area contributed by atoms with Crippen molar-refractivity contribution in [1.82, 2.24) is 14.6 Å². The Balaban J connectivity index is 2.21. The number of nitrogens with two attached hydrogens (primary N) is 1. The molecular weight excluding hydrogens is 236 g/mol. The Hall–Kier alpha value is -2.07. The fourth-order valence-corrected chi connectivity index (χ4v) is 1.85. The fraction of sp³-hybridized carbons (Fsp3) is 0. The van der Waals surface area contributed by atoms with E-state index >= 15 is 0 Å². The molecule has 2 heterocycles. The van der Waals surface area contributed by atoms with Gasteiger partial charge in [-0.25, -0.2) is 9.50 Å². The molecule has 0 amide bonds. The third kappa shape index (κ3) is 1.72.